The molecule has 9 nitrogen and oxygen atoms in total. The number of hydrogen-bond donors (Lipinski definition) is 1. The van der Waals surface area contributed by atoms with Gasteiger partial charge in [-0.15, -0.1) is 15.3 Å². The summed E-state index contributed by atoms with van der Waals surface area (Å²) >= 11 is 0. The number of aromatic nitrogens is 6. The number of carbonyl (C=O) groups is 1. The Hall–Kier alpha value is -2.32. The second kappa shape index (κ2) is 6.42. The molecule has 2 aromatic rings. The molecule has 0 radical (unpaired) electrons. The molecule has 0 aromatic carbocycles. The summed E-state index contributed by atoms with van der Waals surface area (Å²) in [4.78, 5) is 11.9. The lowest BCUT2D eigenvalue weighted by atomic mass is 10.2. The number of aryl methyl sites for hydroxylation is 2. The second-order valence-corrected chi connectivity index (χ2v) is 5.12. The first-order valence-electron chi connectivity index (χ1n) is 6.82. The maximum atomic E-state index is 11.9. The summed E-state index contributed by atoms with van der Waals surface area (Å²) in [5.74, 6) is 1.69. The van der Waals surface area contributed by atoms with Crippen molar-refractivity contribution in [3.05, 3.63) is 17.6 Å². The number of hydrogen-bond acceptors (Lipinski definition) is 7. The van der Waals surface area contributed by atoms with Crippen molar-refractivity contribution in [3.63, 3.8) is 0 Å². The van der Waals surface area contributed by atoms with E-state index in [1.165, 1.54) is 0 Å². The number of rotatable bonds is 6. The van der Waals surface area contributed by atoms with E-state index in [0.717, 1.165) is 0 Å². The number of amides is 1. The van der Waals surface area contributed by atoms with Crippen molar-refractivity contribution in [2.45, 2.75) is 52.6 Å². The third-order valence-electron chi connectivity index (χ3n) is 2.96. The van der Waals surface area contributed by atoms with Crippen LogP contribution in [0.25, 0.3) is 0 Å². The maximum absolute atomic E-state index is 11.9. The molecule has 0 saturated heterocycles. The molecule has 0 fully saturated rings. The van der Waals surface area contributed by atoms with Crippen LogP contribution in [0.1, 0.15) is 56.8 Å². The zero-order valence-electron chi connectivity index (χ0n) is 12.6. The molecule has 9 heteroatoms. The van der Waals surface area contributed by atoms with Crippen LogP contribution in [0, 0.1) is 6.92 Å². The van der Waals surface area contributed by atoms with E-state index >= 15 is 0 Å². The van der Waals surface area contributed by atoms with E-state index in [0.29, 0.717) is 24.2 Å². The van der Waals surface area contributed by atoms with Crippen LogP contribution in [0.4, 0.5) is 0 Å². The van der Waals surface area contributed by atoms with Crippen LogP contribution >= 0.6 is 0 Å². The van der Waals surface area contributed by atoms with Crippen LogP contribution in [0.3, 0.4) is 0 Å². The van der Waals surface area contributed by atoms with Crippen molar-refractivity contribution >= 4 is 5.91 Å². The lowest BCUT2D eigenvalue weighted by Gasteiger charge is -2.10. The standard InChI is InChI=1S/C12H19N7O2/c1-7(2)11-15-16-12(21-11)8(3)13-10(20)5-6-19-9(4)14-17-18-19/h7-8H,5-6H2,1-4H3,(H,13,20). The first kappa shape index (κ1) is 15.1. The fourth-order valence-corrected chi connectivity index (χ4v) is 1.69. The summed E-state index contributed by atoms with van der Waals surface area (Å²) in [5, 5.41) is 21.8. The van der Waals surface area contributed by atoms with Crippen molar-refractivity contribution in [1.29, 1.82) is 0 Å². The summed E-state index contributed by atoms with van der Waals surface area (Å²) in [7, 11) is 0. The molecule has 2 aromatic heterocycles. The molecular formula is C12H19N7O2. The molecule has 0 bridgehead atoms. The Kier molecular flexibility index (Phi) is 4.61. The minimum atomic E-state index is -0.326. The average molecular weight is 293 g/mol. The van der Waals surface area contributed by atoms with Crippen molar-refractivity contribution in [2.75, 3.05) is 0 Å². The predicted molar refractivity (Wildman–Crippen MR) is 72.1 cm³/mol. The van der Waals surface area contributed by atoms with E-state index in [1.807, 2.05) is 13.8 Å². The molecule has 0 spiro atoms. The number of nitrogens with zero attached hydrogens (tertiary/aromatic N) is 6. The van der Waals surface area contributed by atoms with Gasteiger partial charge in [-0.2, -0.15) is 0 Å². The van der Waals surface area contributed by atoms with Gasteiger partial charge in [0, 0.05) is 12.3 Å². The molecule has 1 amide bonds. The summed E-state index contributed by atoms with van der Waals surface area (Å²) < 4.78 is 7.08. The van der Waals surface area contributed by atoms with Crippen molar-refractivity contribution in [2.24, 2.45) is 0 Å². The van der Waals surface area contributed by atoms with E-state index in [2.05, 4.69) is 31.0 Å². The zero-order chi connectivity index (χ0) is 15.4. The Labute approximate surface area is 122 Å². The van der Waals surface area contributed by atoms with Crippen LogP contribution < -0.4 is 5.32 Å². The Morgan fingerprint density at radius 3 is 2.52 bits per heavy atom. The van der Waals surface area contributed by atoms with Gasteiger partial charge in [0.2, 0.25) is 17.7 Å². The number of tetrazole rings is 1. The summed E-state index contributed by atoms with van der Waals surface area (Å²) in [6.45, 7) is 7.95. The highest BCUT2D eigenvalue weighted by atomic mass is 16.4. The van der Waals surface area contributed by atoms with E-state index in [9.17, 15) is 4.79 Å². The van der Waals surface area contributed by atoms with Gasteiger partial charge in [0.15, 0.2) is 0 Å². The van der Waals surface area contributed by atoms with Gasteiger partial charge in [0.05, 0.1) is 6.54 Å². The fourth-order valence-electron chi connectivity index (χ4n) is 1.69. The van der Waals surface area contributed by atoms with E-state index in [4.69, 9.17) is 4.42 Å². The molecule has 1 N–H and O–H groups in total. The molecule has 2 rings (SSSR count). The monoisotopic (exact) mass is 293 g/mol. The summed E-state index contributed by atoms with van der Waals surface area (Å²) in [6.07, 6.45) is 0.279. The Morgan fingerprint density at radius 1 is 1.24 bits per heavy atom. The first-order chi connectivity index (χ1) is 9.97. The minimum Gasteiger partial charge on any atom is -0.423 e. The van der Waals surface area contributed by atoms with Gasteiger partial charge < -0.3 is 9.73 Å². The van der Waals surface area contributed by atoms with Crippen LogP contribution in [-0.2, 0) is 11.3 Å². The third kappa shape index (κ3) is 3.83. The third-order valence-corrected chi connectivity index (χ3v) is 2.96. The van der Waals surface area contributed by atoms with Crippen molar-refractivity contribution in [3.8, 4) is 0 Å². The van der Waals surface area contributed by atoms with E-state index < -0.39 is 0 Å². The lowest BCUT2D eigenvalue weighted by molar-refractivity contribution is -0.122. The highest BCUT2D eigenvalue weighted by molar-refractivity contribution is 5.76. The molecule has 0 aliphatic rings. The summed E-state index contributed by atoms with van der Waals surface area (Å²) in [6, 6.07) is -0.326. The largest absolute Gasteiger partial charge is 0.423 e. The van der Waals surface area contributed by atoms with E-state index in [1.54, 1.807) is 18.5 Å². The smallest absolute Gasteiger partial charge is 0.238 e. The normalized spacial score (nSPS) is 12.6. The van der Waals surface area contributed by atoms with Crippen LogP contribution in [0.5, 0.6) is 0 Å². The molecule has 21 heavy (non-hydrogen) atoms. The highest BCUT2D eigenvalue weighted by Crippen LogP contribution is 2.16. The second-order valence-electron chi connectivity index (χ2n) is 5.12. The summed E-state index contributed by atoms with van der Waals surface area (Å²) in [5.41, 5.74) is 0. The van der Waals surface area contributed by atoms with Gasteiger partial charge in [-0.1, -0.05) is 13.8 Å². The average Bonchev–Trinajstić information content (AvgIpc) is 3.05. The van der Waals surface area contributed by atoms with Crippen molar-refractivity contribution in [1.82, 2.24) is 35.7 Å². The number of nitrogens with one attached hydrogen (secondary N) is 1. The van der Waals surface area contributed by atoms with Gasteiger partial charge in [-0.3, -0.25) is 4.79 Å². The van der Waals surface area contributed by atoms with E-state index in [-0.39, 0.29) is 24.3 Å². The lowest BCUT2D eigenvalue weighted by Crippen LogP contribution is -2.28. The molecular weight excluding hydrogens is 274 g/mol. The molecule has 2 heterocycles. The van der Waals surface area contributed by atoms with Gasteiger partial charge in [-0.05, 0) is 24.3 Å². The molecule has 0 aliphatic heterocycles. The van der Waals surface area contributed by atoms with Crippen LogP contribution in [0.15, 0.2) is 4.42 Å². The SMILES string of the molecule is Cc1nnnn1CCC(=O)NC(C)c1nnc(C(C)C)o1. The zero-order valence-corrected chi connectivity index (χ0v) is 12.6. The molecule has 114 valence electrons. The van der Waals surface area contributed by atoms with Crippen LogP contribution in [0.2, 0.25) is 0 Å². The first-order valence-corrected chi connectivity index (χ1v) is 6.82. The number of carbonyl (C=O) groups excluding carboxylic acids is 1. The Morgan fingerprint density at radius 2 is 1.95 bits per heavy atom. The van der Waals surface area contributed by atoms with Crippen molar-refractivity contribution < 1.29 is 9.21 Å². The predicted octanol–water partition coefficient (Wildman–Crippen LogP) is 0.755. The minimum absolute atomic E-state index is 0.123. The van der Waals surface area contributed by atoms with Gasteiger partial charge in [0.1, 0.15) is 11.9 Å². The Bertz CT molecular complexity index is 604. The quantitative estimate of drug-likeness (QED) is 0.836. The molecule has 1 unspecified atom stereocenters. The molecule has 0 saturated carbocycles. The van der Waals surface area contributed by atoms with Gasteiger partial charge in [0.25, 0.3) is 0 Å². The highest BCUT2D eigenvalue weighted by Gasteiger charge is 2.17. The maximum Gasteiger partial charge on any atom is 0.238 e. The topological polar surface area (TPSA) is 112 Å². The Balaban J connectivity index is 1.85. The van der Waals surface area contributed by atoms with Gasteiger partial charge in [-0.25, -0.2) is 4.68 Å². The molecule has 1 atom stereocenters. The molecule has 0 aliphatic carbocycles. The van der Waals surface area contributed by atoms with Crippen LogP contribution in [-0.4, -0.2) is 36.3 Å². The fraction of sp³-hybridized carbons (Fsp3) is 0.667. The van der Waals surface area contributed by atoms with Gasteiger partial charge >= 0.3 is 0 Å².